The molecule has 4 aromatic rings. The van der Waals surface area contributed by atoms with E-state index < -0.39 is 5.54 Å². The van der Waals surface area contributed by atoms with Crippen LogP contribution in [0.5, 0.6) is 0 Å². The van der Waals surface area contributed by atoms with E-state index in [2.05, 4.69) is 41.0 Å². The van der Waals surface area contributed by atoms with Gasteiger partial charge in [-0.05, 0) is 19.9 Å². The highest BCUT2D eigenvalue weighted by molar-refractivity contribution is 5.77. The minimum atomic E-state index is -0.443. The van der Waals surface area contributed by atoms with Crippen LogP contribution >= 0.6 is 0 Å². The molecule has 1 saturated heterocycles. The summed E-state index contributed by atoms with van der Waals surface area (Å²) in [4.78, 5) is 18.1. The second-order valence-electron chi connectivity index (χ2n) is 8.51. The lowest BCUT2D eigenvalue weighted by molar-refractivity contribution is 0.547. The molecular formula is C21H26N10. The lowest BCUT2D eigenvalue weighted by atomic mass is 9.99. The van der Waals surface area contributed by atoms with Crippen molar-refractivity contribution >= 4 is 17.3 Å². The van der Waals surface area contributed by atoms with E-state index in [1.54, 1.807) is 11.0 Å². The fourth-order valence-corrected chi connectivity index (χ4v) is 3.82. The van der Waals surface area contributed by atoms with Crippen molar-refractivity contribution in [3.8, 4) is 11.1 Å². The van der Waals surface area contributed by atoms with Gasteiger partial charge in [0.25, 0.3) is 0 Å². The van der Waals surface area contributed by atoms with Gasteiger partial charge in [-0.25, -0.2) is 19.5 Å². The Labute approximate surface area is 180 Å². The lowest BCUT2D eigenvalue weighted by Crippen LogP contribution is -2.47. The highest BCUT2D eigenvalue weighted by atomic mass is 15.4. The summed E-state index contributed by atoms with van der Waals surface area (Å²) in [7, 11) is 1.91. The second-order valence-corrected chi connectivity index (χ2v) is 8.51. The molecule has 10 heteroatoms. The van der Waals surface area contributed by atoms with Gasteiger partial charge < -0.3 is 15.5 Å². The van der Waals surface area contributed by atoms with Gasteiger partial charge in [-0.3, -0.25) is 4.68 Å². The molecule has 0 spiro atoms. The molecule has 31 heavy (non-hydrogen) atoms. The van der Waals surface area contributed by atoms with Gasteiger partial charge in [-0.15, -0.1) is 0 Å². The third-order valence-electron chi connectivity index (χ3n) is 5.67. The predicted octanol–water partition coefficient (Wildman–Crippen LogP) is 1.44. The van der Waals surface area contributed by atoms with E-state index in [-0.39, 0.29) is 0 Å². The maximum Gasteiger partial charge on any atom is 0.225 e. The Hall–Kier alpha value is -3.53. The molecule has 0 bridgehead atoms. The number of aromatic nitrogens is 7. The Morgan fingerprint density at radius 1 is 0.871 bits per heavy atom. The molecule has 1 aliphatic heterocycles. The quantitative estimate of drug-likeness (QED) is 0.531. The van der Waals surface area contributed by atoms with E-state index in [4.69, 9.17) is 5.73 Å². The molecule has 0 amide bonds. The number of nitrogens with two attached hydrogens (primary N) is 1. The van der Waals surface area contributed by atoms with Crippen LogP contribution in [0.25, 0.3) is 16.6 Å². The zero-order valence-corrected chi connectivity index (χ0v) is 18.0. The van der Waals surface area contributed by atoms with Gasteiger partial charge in [-0.1, -0.05) is 0 Å². The Balaban J connectivity index is 1.34. The largest absolute Gasteiger partial charge is 0.351 e. The van der Waals surface area contributed by atoms with Crippen LogP contribution in [0.15, 0.2) is 43.4 Å². The van der Waals surface area contributed by atoms with E-state index in [0.29, 0.717) is 0 Å². The van der Waals surface area contributed by atoms with E-state index in [0.717, 1.165) is 60.2 Å². The minimum Gasteiger partial charge on any atom is -0.351 e. The highest BCUT2D eigenvalue weighted by Crippen LogP contribution is 2.27. The molecule has 0 aliphatic carbocycles. The van der Waals surface area contributed by atoms with Gasteiger partial charge in [0.05, 0.1) is 6.20 Å². The summed E-state index contributed by atoms with van der Waals surface area (Å²) in [6.07, 6.45) is 11.1. The molecule has 10 nitrogen and oxygen atoms in total. The Bertz CT molecular complexity index is 1190. The normalized spacial score (nSPS) is 15.1. The Morgan fingerprint density at radius 3 is 2.23 bits per heavy atom. The fourth-order valence-electron chi connectivity index (χ4n) is 3.82. The number of fused-ring (bicyclic) bond motifs is 1. The zero-order chi connectivity index (χ0) is 21.6. The smallest absolute Gasteiger partial charge is 0.225 e. The first kappa shape index (κ1) is 19.4. The van der Waals surface area contributed by atoms with Gasteiger partial charge >= 0.3 is 0 Å². The van der Waals surface area contributed by atoms with Crippen molar-refractivity contribution < 1.29 is 0 Å². The van der Waals surface area contributed by atoms with Crippen molar-refractivity contribution in [3.05, 3.63) is 48.9 Å². The summed E-state index contributed by atoms with van der Waals surface area (Å²) < 4.78 is 3.68. The lowest BCUT2D eigenvalue weighted by Gasteiger charge is -2.35. The van der Waals surface area contributed by atoms with Crippen LogP contribution < -0.4 is 15.5 Å². The van der Waals surface area contributed by atoms with Crippen LogP contribution in [0.2, 0.25) is 0 Å². The van der Waals surface area contributed by atoms with Gasteiger partial charge in [0, 0.05) is 80.2 Å². The average Bonchev–Trinajstić information content (AvgIpc) is 3.39. The van der Waals surface area contributed by atoms with E-state index in [9.17, 15) is 0 Å². The maximum atomic E-state index is 6.13. The summed E-state index contributed by atoms with van der Waals surface area (Å²) in [6, 6.07) is 2.12. The number of hydrogen-bond acceptors (Lipinski definition) is 8. The SMILES string of the molecule is Cn1cc(-c2cc3c(N4CCN(c5ncc(C(C)(C)N)cn5)CC4)ncnn3c2)cn1. The summed E-state index contributed by atoms with van der Waals surface area (Å²) in [5.74, 6) is 1.67. The average molecular weight is 419 g/mol. The third-order valence-corrected chi connectivity index (χ3v) is 5.67. The third kappa shape index (κ3) is 3.70. The molecule has 0 radical (unpaired) electrons. The number of anilines is 2. The van der Waals surface area contributed by atoms with Crippen LogP contribution in [-0.2, 0) is 12.6 Å². The molecule has 4 aromatic heterocycles. The van der Waals surface area contributed by atoms with Crippen molar-refractivity contribution in [2.24, 2.45) is 12.8 Å². The van der Waals surface area contributed by atoms with Gasteiger partial charge in [-0.2, -0.15) is 10.2 Å². The van der Waals surface area contributed by atoms with Crippen molar-refractivity contribution in [3.63, 3.8) is 0 Å². The van der Waals surface area contributed by atoms with Crippen LogP contribution in [0.4, 0.5) is 11.8 Å². The molecule has 5 rings (SSSR count). The van der Waals surface area contributed by atoms with Crippen LogP contribution in [0.1, 0.15) is 19.4 Å². The summed E-state index contributed by atoms with van der Waals surface area (Å²) in [5.41, 5.74) is 9.74. The molecular weight excluding hydrogens is 392 g/mol. The van der Waals surface area contributed by atoms with Crippen molar-refractivity contribution in [2.75, 3.05) is 36.0 Å². The number of hydrogen-bond donors (Lipinski definition) is 1. The molecule has 0 aromatic carbocycles. The van der Waals surface area contributed by atoms with E-state index in [1.165, 1.54) is 0 Å². The zero-order valence-electron chi connectivity index (χ0n) is 18.0. The predicted molar refractivity (Wildman–Crippen MR) is 119 cm³/mol. The first-order valence-corrected chi connectivity index (χ1v) is 10.3. The first-order valence-electron chi connectivity index (χ1n) is 10.3. The number of aryl methyl sites for hydroxylation is 1. The molecule has 0 unspecified atom stereocenters. The molecule has 0 atom stereocenters. The molecule has 5 heterocycles. The molecule has 1 fully saturated rings. The molecule has 0 saturated carbocycles. The van der Waals surface area contributed by atoms with E-state index in [1.807, 2.05) is 56.4 Å². The summed E-state index contributed by atoms with van der Waals surface area (Å²) >= 11 is 0. The summed E-state index contributed by atoms with van der Waals surface area (Å²) in [5, 5.41) is 8.66. The van der Waals surface area contributed by atoms with Gasteiger partial charge in [0.1, 0.15) is 11.8 Å². The van der Waals surface area contributed by atoms with Crippen LogP contribution in [-0.4, -0.2) is 60.5 Å². The topological polar surface area (TPSA) is 106 Å². The number of nitrogens with zero attached hydrogens (tertiary/aromatic N) is 9. The monoisotopic (exact) mass is 418 g/mol. The molecule has 160 valence electrons. The van der Waals surface area contributed by atoms with Crippen molar-refractivity contribution in [1.82, 2.24) is 34.3 Å². The van der Waals surface area contributed by atoms with Gasteiger partial charge in [0.2, 0.25) is 5.95 Å². The Kier molecular flexibility index (Phi) is 4.58. The maximum absolute atomic E-state index is 6.13. The number of rotatable bonds is 4. The van der Waals surface area contributed by atoms with E-state index >= 15 is 0 Å². The molecule has 2 N–H and O–H groups in total. The fraction of sp³-hybridized carbons (Fsp3) is 0.381. The van der Waals surface area contributed by atoms with Crippen molar-refractivity contribution in [2.45, 2.75) is 19.4 Å². The Morgan fingerprint density at radius 2 is 1.58 bits per heavy atom. The number of piperazine rings is 1. The standard InChI is InChI=1S/C21H26N10/c1-21(2,22)17-10-23-20(24-11-17)30-6-4-29(5-7-30)19-18-8-15(13-31(18)27-14-25-19)16-9-26-28(3)12-16/h8-14H,4-7,22H2,1-3H3. The van der Waals surface area contributed by atoms with Crippen LogP contribution in [0, 0.1) is 0 Å². The van der Waals surface area contributed by atoms with Gasteiger partial charge in [0.15, 0.2) is 5.82 Å². The first-order chi connectivity index (χ1) is 14.9. The van der Waals surface area contributed by atoms with Crippen molar-refractivity contribution in [1.29, 1.82) is 0 Å². The summed E-state index contributed by atoms with van der Waals surface area (Å²) in [6.45, 7) is 7.19. The minimum absolute atomic E-state index is 0.443. The van der Waals surface area contributed by atoms with Crippen LogP contribution in [0.3, 0.4) is 0 Å². The highest BCUT2D eigenvalue weighted by Gasteiger charge is 2.23. The second kappa shape index (κ2) is 7.31. The molecule has 1 aliphatic rings.